The van der Waals surface area contributed by atoms with Gasteiger partial charge in [0.15, 0.2) is 0 Å². The van der Waals surface area contributed by atoms with E-state index in [0.29, 0.717) is 0 Å². The minimum Gasteiger partial charge on any atom is -0.387 e. The number of nitrogens with zero attached hydrogens (tertiary/aromatic N) is 4. The molecule has 6 heteroatoms. The molecule has 1 atom stereocenters. The first-order chi connectivity index (χ1) is 9.25. The first kappa shape index (κ1) is 12.8. The number of rotatable bonds is 3. The molecule has 2 saturated heterocycles. The fourth-order valence-corrected chi connectivity index (χ4v) is 2.84. The molecule has 0 radical (unpaired) electrons. The molecule has 0 aliphatic carbocycles. The monoisotopic (exact) mass is 263 g/mol. The Morgan fingerprint density at radius 1 is 1.21 bits per heavy atom. The molecule has 0 aromatic carbocycles. The minimum atomic E-state index is -0.536. The molecule has 0 unspecified atom stereocenters. The molecule has 6 nitrogen and oxygen atoms in total. The van der Waals surface area contributed by atoms with Crippen molar-refractivity contribution in [3.05, 3.63) is 18.5 Å². The number of nitrogens with one attached hydrogen (secondary N) is 1. The summed E-state index contributed by atoms with van der Waals surface area (Å²) < 4.78 is 0. The van der Waals surface area contributed by atoms with Gasteiger partial charge in [0.2, 0.25) is 5.95 Å². The lowest BCUT2D eigenvalue weighted by atomic mass is 10.0. The predicted octanol–water partition coefficient (Wildman–Crippen LogP) is -0.677. The van der Waals surface area contributed by atoms with Gasteiger partial charge >= 0.3 is 0 Å². The fraction of sp³-hybridized carbons (Fsp3) is 0.692. The molecule has 0 saturated carbocycles. The van der Waals surface area contributed by atoms with Crippen LogP contribution in [0, 0.1) is 0 Å². The van der Waals surface area contributed by atoms with E-state index in [9.17, 15) is 5.11 Å². The van der Waals surface area contributed by atoms with Crippen LogP contribution < -0.4 is 10.2 Å². The summed E-state index contributed by atoms with van der Waals surface area (Å²) in [6, 6.07) is 1.84. The summed E-state index contributed by atoms with van der Waals surface area (Å²) in [5, 5.41) is 13.6. The van der Waals surface area contributed by atoms with Gasteiger partial charge in [-0.25, -0.2) is 9.97 Å². The Bertz CT molecular complexity index is 399. The standard InChI is InChI=1S/C13H21N5O/c19-13(2-5-14-10-13)11-17-6-8-18(9-7-17)12-15-3-1-4-16-12/h1,3-4,14,19H,2,5-11H2/t13-/m0/s1. The predicted molar refractivity (Wildman–Crippen MR) is 73.1 cm³/mol. The van der Waals surface area contributed by atoms with Crippen LogP contribution in [0.25, 0.3) is 0 Å². The fourth-order valence-electron chi connectivity index (χ4n) is 2.84. The molecule has 0 bridgehead atoms. The Kier molecular flexibility index (Phi) is 3.63. The third-order valence-corrected chi connectivity index (χ3v) is 3.95. The molecule has 19 heavy (non-hydrogen) atoms. The molecule has 1 aromatic heterocycles. The van der Waals surface area contributed by atoms with Gasteiger partial charge in [0, 0.05) is 51.7 Å². The van der Waals surface area contributed by atoms with Crippen molar-refractivity contribution in [1.82, 2.24) is 20.2 Å². The third kappa shape index (κ3) is 3.02. The highest BCUT2D eigenvalue weighted by atomic mass is 16.3. The van der Waals surface area contributed by atoms with E-state index < -0.39 is 5.60 Å². The lowest BCUT2D eigenvalue weighted by molar-refractivity contribution is 0.0193. The number of aliphatic hydroxyl groups is 1. The van der Waals surface area contributed by atoms with Gasteiger partial charge < -0.3 is 15.3 Å². The van der Waals surface area contributed by atoms with Crippen LogP contribution in [0.15, 0.2) is 18.5 Å². The Morgan fingerprint density at radius 2 is 1.95 bits per heavy atom. The van der Waals surface area contributed by atoms with Crippen LogP contribution in [0.1, 0.15) is 6.42 Å². The Labute approximate surface area is 113 Å². The first-order valence-corrected chi connectivity index (χ1v) is 6.93. The van der Waals surface area contributed by atoms with Gasteiger partial charge in [-0.15, -0.1) is 0 Å². The number of β-amino-alcohol motifs (C(OH)–C–C–N with tert-alkyl or cyclic N) is 1. The molecule has 0 spiro atoms. The first-order valence-electron chi connectivity index (χ1n) is 6.93. The average molecular weight is 263 g/mol. The molecular formula is C13H21N5O. The van der Waals surface area contributed by atoms with Crippen LogP contribution in [0.5, 0.6) is 0 Å². The lowest BCUT2D eigenvalue weighted by Crippen LogP contribution is -2.53. The molecule has 0 amide bonds. The van der Waals surface area contributed by atoms with Crippen molar-refractivity contribution in [2.75, 3.05) is 50.7 Å². The SMILES string of the molecule is O[C@@]1(CN2CCN(c3ncccn3)CC2)CCNC1. The van der Waals surface area contributed by atoms with Gasteiger partial charge in [0.05, 0.1) is 5.60 Å². The maximum atomic E-state index is 10.4. The molecule has 104 valence electrons. The molecular weight excluding hydrogens is 242 g/mol. The van der Waals surface area contributed by atoms with E-state index in [4.69, 9.17) is 0 Å². The third-order valence-electron chi connectivity index (χ3n) is 3.95. The van der Waals surface area contributed by atoms with Crippen LogP contribution >= 0.6 is 0 Å². The van der Waals surface area contributed by atoms with Crippen molar-refractivity contribution >= 4 is 5.95 Å². The molecule has 3 rings (SSSR count). The van der Waals surface area contributed by atoms with Gasteiger partial charge in [-0.05, 0) is 19.0 Å². The Balaban J connectivity index is 1.52. The van der Waals surface area contributed by atoms with E-state index in [1.165, 1.54) is 0 Å². The second-order valence-corrected chi connectivity index (χ2v) is 5.46. The minimum absolute atomic E-state index is 0.536. The number of piperazine rings is 1. The van der Waals surface area contributed by atoms with Crippen LogP contribution in [0.2, 0.25) is 0 Å². The van der Waals surface area contributed by atoms with Crippen LogP contribution in [0.4, 0.5) is 5.95 Å². The van der Waals surface area contributed by atoms with Crippen molar-refractivity contribution in [2.45, 2.75) is 12.0 Å². The van der Waals surface area contributed by atoms with E-state index in [2.05, 4.69) is 25.1 Å². The van der Waals surface area contributed by atoms with Crippen molar-refractivity contribution in [3.63, 3.8) is 0 Å². The number of hydrogen-bond acceptors (Lipinski definition) is 6. The van der Waals surface area contributed by atoms with E-state index in [-0.39, 0.29) is 0 Å². The summed E-state index contributed by atoms with van der Waals surface area (Å²) in [4.78, 5) is 13.1. The molecule has 2 aliphatic rings. The molecule has 1 aromatic rings. The Morgan fingerprint density at radius 3 is 2.58 bits per heavy atom. The highest BCUT2D eigenvalue weighted by Gasteiger charge is 2.34. The second kappa shape index (κ2) is 5.40. The summed E-state index contributed by atoms with van der Waals surface area (Å²) >= 11 is 0. The Hall–Kier alpha value is -1.24. The summed E-state index contributed by atoms with van der Waals surface area (Å²) in [6.45, 7) is 6.18. The van der Waals surface area contributed by atoms with Crippen molar-refractivity contribution < 1.29 is 5.11 Å². The largest absolute Gasteiger partial charge is 0.387 e. The summed E-state index contributed by atoms with van der Waals surface area (Å²) in [7, 11) is 0. The molecule has 3 heterocycles. The number of anilines is 1. The van der Waals surface area contributed by atoms with Gasteiger partial charge in [-0.1, -0.05) is 0 Å². The zero-order chi connectivity index (χ0) is 13.1. The highest BCUT2D eigenvalue weighted by Crippen LogP contribution is 2.18. The van der Waals surface area contributed by atoms with E-state index >= 15 is 0 Å². The summed E-state index contributed by atoms with van der Waals surface area (Å²) in [5.41, 5.74) is -0.536. The maximum Gasteiger partial charge on any atom is 0.225 e. The average Bonchev–Trinajstić information content (AvgIpc) is 2.87. The van der Waals surface area contributed by atoms with Gasteiger partial charge in [0.1, 0.15) is 0 Å². The molecule has 2 N–H and O–H groups in total. The highest BCUT2D eigenvalue weighted by molar-refractivity contribution is 5.29. The smallest absolute Gasteiger partial charge is 0.225 e. The molecule has 2 fully saturated rings. The molecule has 2 aliphatic heterocycles. The summed E-state index contributed by atoms with van der Waals surface area (Å²) in [5.74, 6) is 0.809. The van der Waals surface area contributed by atoms with E-state index in [1.54, 1.807) is 12.4 Å². The van der Waals surface area contributed by atoms with Gasteiger partial charge in [0.25, 0.3) is 0 Å². The van der Waals surface area contributed by atoms with Crippen molar-refractivity contribution in [1.29, 1.82) is 0 Å². The number of hydrogen-bond donors (Lipinski definition) is 2. The van der Waals surface area contributed by atoms with Crippen LogP contribution in [0.3, 0.4) is 0 Å². The second-order valence-electron chi connectivity index (χ2n) is 5.46. The summed E-state index contributed by atoms with van der Waals surface area (Å²) in [6.07, 6.45) is 4.41. The van der Waals surface area contributed by atoms with E-state index in [1.807, 2.05) is 6.07 Å². The van der Waals surface area contributed by atoms with Crippen molar-refractivity contribution in [3.8, 4) is 0 Å². The van der Waals surface area contributed by atoms with Gasteiger partial charge in [-0.3, -0.25) is 4.90 Å². The normalized spacial score (nSPS) is 28.8. The van der Waals surface area contributed by atoms with Crippen molar-refractivity contribution in [2.24, 2.45) is 0 Å². The lowest BCUT2D eigenvalue weighted by Gasteiger charge is -2.37. The zero-order valence-corrected chi connectivity index (χ0v) is 11.1. The maximum absolute atomic E-state index is 10.4. The quantitative estimate of drug-likeness (QED) is 0.753. The number of aromatic nitrogens is 2. The zero-order valence-electron chi connectivity index (χ0n) is 11.1. The van der Waals surface area contributed by atoms with Crippen LogP contribution in [-0.2, 0) is 0 Å². The van der Waals surface area contributed by atoms with Crippen LogP contribution in [-0.4, -0.2) is 71.4 Å². The van der Waals surface area contributed by atoms with E-state index in [0.717, 1.165) is 58.2 Å². The topological polar surface area (TPSA) is 64.5 Å². The van der Waals surface area contributed by atoms with Gasteiger partial charge in [-0.2, -0.15) is 0 Å².